The van der Waals surface area contributed by atoms with E-state index in [1.54, 1.807) is 6.20 Å². The summed E-state index contributed by atoms with van der Waals surface area (Å²) in [5.74, 6) is -1.34. The lowest BCUT2D eigenvalue weighted by Crippen LogP contribution is -2.58. The number of carbonyl (C=O) groups excluding carboxylic acids is 3. The zero-order valence-electron chi connectivity index (χ0n) is 25.3. The van der Waals surface area contributed by atoms with Crippen LogP contribution in [0.1, 0.15) is 52.7 Å². The summed E-state index contributed by atoms with van der Waals surface area (Å²) in [6.45, 7) is 11.9. The number of aliphatic hydroxyl groups is 1. The summed E-state index contributed by atoms with van der Waals surface area (Å²) in [5, 5.41) is 15.0. The van der Waals surface area contributed by atoms with Gasteiger partial charge in [0.15, 0.2) is 0 Å². The van der Waals surface area contributed by atoms with Gasteiger partial charge in [0, 0.05) is 16.9 Å². The molecule has 0 radical (unpaired) electrons. The van der Waals surface area contributed by atoms with Gasteiger partial charge in [0.1, 0.15) is 18.7 Å². The Morgan fingerprint density at radius 2 is 1.67 bits per heavy atom. The molecule has 42 heavy (non-hydrogen) atoms. The molecule has 0 aliphatic carbocycles. The molecule has 0 aromatic heterocycles. The number of amides is 3. The van der Waals surface area contributed by atoms with Crippen LogP contribution in [-0.4, -0.2) is 73.7 Å². The number of aliphatic hydroxyl groups excluding tert-OH is 1. The van der Waals surface area contributed by atoms with E-state index < -0.39 is 24.1 Å². The van der Waals surface area contributed by atoms with E-state index >= 15 is 0 Å². The van der Waals surface area contributed by atoms with Gasteiger partial charge in [-0.1, -0.05) is 88.4 Å². The third-order valence-electron chi connectivity index (χ3n) is 7.40. The highest BCUT2D eigenvalue weighted by atomic mass is 32.2. The number of nitrogens with zero attached hydrogens (tertiary/aromatic N) is 3. The summed E-state index contributed by atoms with van der Waals surface area (Å²) in [6.07, 6.45) is 1.11. The lowest BCUT2D eigenvalue weighted by Gasteiger charge is -2.41. The number of benzene rings is 2. The van der Waals surface area contributed by atoms with Crippen molar-refractivity contribution in [1.29, 1.82) is 0 Å². The van der Waals surface area contributed by atoms with Gasteiger partial charge in [0.25, 0.3) is 5.91 Å². The van der Waals surface area contributed by atoms with Crippen molar-refractivity contribution in [2.45, 2.75) is 70.9 Å². The molecular formula is C33H42N4O4S. The van der Waals surface area contributed by atoms with Crippen molar-refractivity contribution in [1.82, 2.24) is 15.1 Å². The molecule has 2 aromatic rings. The van der Waals surface area contributed by atoms with Gasteiger partial charge in [-0.05, 0) is 37.3 Å². The molecule has 2 heterocycles. The molecule has 224 valence electrons. The maximum Gasteiger partial charge on any atom is 0.250 e. The lowest BCUT2D eigenvalue weighted by atomic mass is 9.95. The first kappa shape index (κ1) is 31.5. The predicted molar refractivity (Wildman–Crippen MR) is 168 cm³/mol. The van der Waals surface area contributed by atoms with E-state index in [2.05, 4.69) is 24.2 Å². The Labute approximate surface area is 253 Å². The quantitative estimate of drug-likeness (QED) is 0.429. The second-order valence-corrected chi connectivity index (χ2v) is 13.9. The van der Waals surface area contributed by atoms with E-state index in [9.17, 15) is 19.5 Å². The van der Waals surface area contributed by atoms with Crippen LogP contribution in [0.15, 0.2) is 71.9 Å². The molecule has 2 aromatic carbocycles. The number of nitrogens with one attached hydrogen (secondary N) is 1. The normalized spacial score (nSPS) is 19.9. The second-order valence-electron chi connectivity index (χ2n) is 12.2. The highest BCUT2D eigenvalue weighted by molar-refractivity contribution is 8.15. The Kier molecular flexibility index (Phi) is 9.94. The highest BCUT2D eigenvalue weighted by Gasteiger charge is 2.42. The van der Waals surface area contributed by atoms with Crippen LogP contribution in [0.5, 0.6) is 0 Å². The minimum absolute atomic E-state index is 0.127. The summed E-state index contributed by atoms with van der Waals surface area (Å²) >= 11 is 1.52. The number of aliphatic imine (C=N–C) groups is 1. The van der Waals surface area contributed by atoms with Gasteiger partial charge in [0.05, 0.1) is 23.3 Å². The van der Waals surface area contributed by atoms with Crippen molar-refractivity contribution >= 4 is 40.2 Å². The van der Waals surface area contributed by atoms with E-state index in [-0.39, 0.29) is 34.9 Å². The number of rotatable bonds is 10. The molecule has 0 bridgehead atoms. The van der Waals surface area contributed by atoms with Crippen LogP contribution in [-0.2, 0) is 20.8 Å². The van der Waals surface area contributed by atoms with Crippen LogP contribution in [0.3, 0.4) is 0 Å². The summed E-state index contributed by atoms with van der Waals surface area (Å²) in [7, 11) is 0. The number of carbonyl (C=O) groups is 3. The molecule has 3 unspecified atom stereocenters. The van der Waals surface area contributed by atoms with Crippen molar-refractivity contribution in [2.75, 3.05) is 13.1 Å². The first-order valence-electron chi connectivity index (χ1n) is 14.5. The maximum absolute atomic E-state index is 14.1. The van der Waals surface area contributed by atoms with Gasteiger partial charge in [0.2, 0.25) is 11.8 Å². The van der Waals surface area contributed by atoms with Crippen molar-refractivity contribution in [3.05, 3.63) is 78.0 Å². The van der Waals surface area contributed by atoms with Crippen molar-refractivity contribution in [3.63, 3.8) is 0 Å². The van der Waals surface area contributed by atoms with E-state index in [1.165, 1.54) is 21.6 Å². The van der Waals surface area contributed by atoms with Crippen LogP contribution >= 0.6 is 11.8 Å². The third-order valence-corrected chi connectivity index (χ3v) is 8.66. The van der Waals surface area contributed by atoms with Gasteiger partial charge < -0.3 is 15.3 Å². The SMILES string of the molecule is CC(C)C(=O)N1C=C(c2ccccc2)N(CC(=O)NC(Cc2ccccc2)C(O)C2=NCC(C)(C)S2)C(=O)C1C(C)C. The summed E-state index contributed by atoms with van der Waals surface area (Å²) in [5.41, 5.74) is 2.17. The molecular weight excluding hydrogens is 548 g/mol. The standard InChI is InChI=1S/C33H42N4O4S/c1-21(2)28-32(41)36(26(24-15-11-8-12-16-24)18-37(28)31(40)22(3)4)19-27(38)35-25(17-23-13-9-7-10-14-23)29(39)30-34-20-33(5,6)42-30/h7-16,18,21-22,25,28-29,39H,17,19-20H2,1-6H3,(H,35,38). The van der Waals surface area contributed by atoms with E-state index in [0.29, 0.717) is 23.7 Å². The highest BCUT2D eigenvalue weighted by Crippen LogP contribution is 2.34. The Morgan fingerprint density at radius 3 is 2.21 bits per heavy atom. The minimum atomic E-state index is -0.996. The molecule has 0 saturated carbocycles. The molecule has 3 atom stereocenters. The van der Waals surface area contributed by atoms with Gasteiger partial charge in [-0.2, -0.15) is 0 Å². The molecule has 2 N–H and O–H groups in total. The Morgan fingerprint density at radius 1 is 1.05 bits per heavy atom. The number of hydrogen-bond acceptors (Lipinski definition) is 6. The van der Waals surface area contributed by atoms with E-state index in [0.717, 1.165) is 11.1 Å². The lowest BCUT2D eigenvalue weighted by molar-refractivity contribution is -0.147. The Balaban J connectivity index is 1.64. The monoisotopic (exact) mass is 590 g/mol. The van der Waals surface area contributed by atoms with Crippen LogP contribution in [0, 0.1) is 11.8 Å². The number of hydrogen-bond donors (Lipinski definition) is 2. The minimum Gasteiger partial charge on any atom is -0.384 e. The largest absolute Gasteiger partial charge is 0.384 e. The van der Waals surface area contributed by atoms with Gasteiger partial charge in [-0.15, -0.1) is 11.8 Å². The molecule has 0 saturated heterocycles. The second kappa shape index (κ2) is 13.3. The molecule has 2 aliphatic heterocycles. The fourth-order valence-corrected chi connectivity index (χ4v) is 6.34. The first-order valence-corrected chi connectivity index (χ1v) is 15.3. The Hall–Kier alpha value is -3.43. The van der Waals surface area contributed by atoms with E-state index in [4.69, 9.17) is 0 Å². The molecule has 8 nitrogen and oxygen atoms in total. The van der Waals surface area contributed by atoms with Crippen molar-refractivity contribution in [3.8, 4) is 0 Å². The van der Waals surface area contributed by atoms with Gasteiger partial charge in [-0.25, -0.2) is 0 Å². The third kappa shape index (κ3) is 7.31. The fraction of sp³-hybridized carbons (Fsp3) is 0.455. The zero-order valence-corrected chi connectivity index (χ0v) is 26.1. The van der Waals surface area contributed by atoms with Gasteiger partial charge in [-0.3, -0.25) is 24.3 Å². The molecule has 3 amide bonds. The summed E-state index contributed by atoms with van der Waals surface area (Å²) in [4.78, 5) is 48.6. The summed E-state index contributed by atoms with van der Waals surface area (Å²) < 4.78 is -0.127. The first-order chi connectivity index (χ1) is 19.9. The molecule has 2 aliphatic rings. The van der Waals surface area contributed by atoms with Crippen LogP contribution in [0.25, 0.3) is 5.70 Å². The number of thioether (sulfide) groups is 1. The summed E-state index contributed by atoms with van der Waals surface area (Å²) in [6, 6.07) is 17.6. The Bertz CT molecular complexity index is 1340. The average Bonchev–Trinajstić information content (AvgIpc) is 3.32. The van der Waals surface area contributed by atoms with Crippen LogP contribution in [0.4, 0.5) is 0 Å². The average molecular weight is 591 g/mol. The van der Waals surface area contributed by atoms with Crippen LogP contribution < -0.4 is 5.32 Å². The molecule has 4 rings (SSSR count). The molecule has 9 heteroatoms. The molecule has 0 spiro atoms. The van der Waals surface area contributed by atoms with Crippen LogP contribution in [0.2, 0.25) is 0 Å². The van der Waals surface area contributed by atoms with E-state index in [1.807, 2.05) is 88.4 Å². The van der Waals surface area contributed by atoms with Gasteiger partial charge >= 0.3 is 0 Å². The predicted octanol–water partition coefficient (Wildman–Crippen LogP) is 4.35. The zero-order chi connectivity index (χ0) is 30.6. The van der Waals surface area contributed by atoms with Crippen molar-refractivity contribution in [2.24, 2.45) is 16.8 Å². The maximum atomic E-state index is 14.1. The smallest absolute Gasteiger partial charge is 0.250 e. The van der Waals surface area contributed by atoms with Crippen molar-refractivity contribution < 1.29 is 19.5 Å². The topological polar surface area (TPSA) is 102 Å². The fourth-order valence-electron chi connectivity index (χ4n) is 5.23. The molecule has 0 fully saturated rings.